The van der Waals surface area contributed by atoms with Crippen LogP contribution in [0.5, 0.6) is 0 Å². The zero-order valence-corrected chi connectivity index (χ0v) is 6.00. The zero-order valence-electron chi connectivity index (χ0n) is 5.11. The van der Waals surface area contributed by atoms with E-state index in [9.17, 15) is 4.79 Å². The summed E-state index contributed by atoms with van der Waals surface area (Å²) in [5.74, 6) is 0. The molecule has 0 fully saturated rings. The van der Waals surface area contributed by atoms with Crippen molar-refractivity contribution >= 4 is 30.0 Å². The SMILES string of the molecule is O=P(O)(O)O.[Li][C](C)=O. The van der Waals surface area contributed by atoms with Crippen LogP contribution in [0.25, 0.3) is 0 Å². The Morgan fingerprint density at radius 1 is 1.44 bits per heavy atom. The molecule has 0 aromatic heterocycles. The predicted molar refractivity (Wildman–Crippen MR) is 30.7 cm³/mol. The molecule has 0 atom stereocenters. The molecule has 50 valence electrons. The first-order valence-electron chi connectivity index (χ1n) is 1.99. The Hall–Kier alpha value is 0.377. The summed E-state index contributed by atoms with van der Waals surface area (Å²) in [5.41, 5.74) is 0. The third-order valence-corrected chi connectivity index (χ3v) is 0. The van der Waals surface area contributed by atoms with Gasteiger partial charge < -0.3 is 14.7 Å². The number of carbonyl (C=O) groups is 1. The van der Waals surface area contributed by atoms with Crippen LogP contribution in [0.1, 0.15) is 6.92 Å². The van der Waals surface area contributed by atoms with E-state index in [2.05, 4.69) is 0 Å². The minimum absolute atomic E-state index is 0.167. The molecule has 0 saturated carbocycles. The minimum atomic E-state index is -4.64. The van der Waals surface area contributed by atoms with E-state index in [4.69, 9.17) is 19.2 Å². The first kappa shape index (κ1) is 12.1. The van der Waals surface area contributed by atoms with Gasteiger partial charge in [0, 0.05) is 0 Å². The van der Waals surface area contributed by atoms with Gasteiger partial charge in [0.1, 0.15) is 0 Å². The Bertz CT molecular complexity index is 115. The molecule has 0 spiro atoms. The van der Waals surface area contributed by atoms with Gasteiger partial charge in [0.15, 0.2) is 0 Å². The molecule has 5 nitrogen and oxygen atoms in total. The molecule has 0 aliphatic carbocycles. The van der Waals surface area contributed by atoms with Gasteiger partial charge >= 0.3 is 41.7 Å². The Balaban J connectivity index is 0. The molecule has 0 unspecified atom stereocenters. The number of phosphoric acid groups is 1. The van der Waals surface area contributed by atoms with E-state index in [0.717, 1.165) is 0 Å². The van der Waals surface area contributed by atoms with Gasteiger partial charge in [0.05, 0.1) is 0 Å². The molecular weight excluding hydrogens is 142 g/mol. The third-order valence-electron chi connectivity index (χ3n) is 0. The summed E-state index contributed by atoms with van der Waals surface area (Å²) in [6, 6.07) is 0. The van der Waals surface area contributed by atoms with Crippen LogP contribution in [-0.4, -0.2) is 36.9 Å². The van der Waals surface area contributed by atoms with Crippen molar-refractivity contribution < 1.29 is 24.0 Å². The number of rotatable bonds is 0. The molecule has 0 bridgehead atoms. The molecule has 0 rings (SSSR count). The molecule has 0 amide bonds. The predicted octanol–water partition coefficient (Wildman–Crippen LogP) is -1.23. The van der Waals surface area contributed by atoms with Crippen LogP contribution in [0.15, 0.2) is 0 Å². The van der Waals surface area contributed by atoms with Gasteiger partial charge in [-0.1, -0.05) is 0 Å². The molecule has 0 saturated heterocycles. The van der Waals surface area contributed by atoms with E-state index in [0.29, 0.717) is 0 Å². The van der Waals surface area contributed by atoms with Gasteiger partial charge in [0.2, 0.25) is 0 Å². The third kappa shape index (κ3) is 2390. The summed E-state index contributed by atoms with van der Waals surface area (Å²) in [7, 11) is -4.64. The average Bonchev–Trinajstić information content (AvgIpc) is 1.19. The van der Waals surface area contributed by atoms with E-state index in [-0.39, 0.29) is 4.46 Å². The second kappa shape index (κ2) is 5.19. The molecule has 0 aliphatic rings. The Morgan fingerprint density at radius 3 is 1.44 bits per heavy atom. The van der Waals surface area contributed by atoms with Crippen molar-refractivity contribution in [3.8, 4) is 0 Å². The van der Waals surface area contributed by atoms with Crippen molar-refractivity contribution in [1.82, 2.24) is 0 Å². The first-order chi connectivity index (χ1) is 3.73. The first-order valence-corrected chi connectivity index (χ1v) is 3.55. The van der Waals surface area contributed by atoms with Crippen molar-refractivity contribution in [2.45, 2.75) is 6.92 Å². The van der Waals surface area contributed by atoms with Crippen molar-refractivity contribution in [2.24, 2.45) is 0 Å². The fraction of sp³-hybridized carbons (Fsp3) is 0.500. The fourth-order valence-corrected chi connectivity index (χ4v) is 0. The maximum atomic E-state index is 9.44. The van der Waals surface area contributed by atoms with Gasteiger partial charge in [0.25, 0.3) is 0 Å². The van der Waals surface area contributed by atoms with Crippen molar-refractivity contribution in [1.29, 1.82) is 0 Å². The molecule has 0 aliphatic heterocycles. The Morgan fingerprint density at radius 2 is 1.44 bits per heavy atom. The quantitative estimate of drug-likeness (QED) is 0.295. The second-order valence-corrected chi connectivity index (χ2v) is 2.45. The molecule has 0 radical (unpaired) electrons. The Kier molecular flexibility index (Phi) is 6.97. The number of hydrogen-bond donors (Lipinski definition) is 3. The normalized spacial score (nSPS) is 9.56. The van der Waals surface area contributed by atoms with Crippen LogP contribution in [0.3, 0.4) is 0 Å². The van der Waals surface area contributed by atoms with Crippen LogP contribution >= 0.6 is 7.82 Å². The van der Waals surface area contributed by atoms with E-state index < -0.39 is 7.82 Å². The topological polar surface area (TPSA) is 94.8 Å². The molecule has 9 heavy (non-hydrogen) atoms. The summed E-state index contributed by atoms with van der Waals surface area (Å²) in [5, 5.41) is 0. The van der Waals surface area contributed by atoms with E-state index in [1.165, 1.54) is 24.6 Å². The van der Waals surface area contributed by atoms with Gasteiger partial charge in [-0.25, -0.2) is 4.57 Å². The standard InChI is InChI=1S/C2H3O.Li.H3O4P/c1-2-3;;1-5(2,3)4/h1H3;;(H3,1,2,3,4). The number of carbonyl (C=O) groups excluding carboxylic acids is 1. The van der Waals surface area contributed by atoms with Gasteiger partial charge in [-0.2, -0.15) is 0 Å². The fourth-order valence-electron chi connectivity index (χ4n) is 0. The van der Waals surface area contributed by atoms with Crippen LogP contribution < -0.4 is 0 Å². The van der Waals surface area contributed by atoms with Crippen LogP contribution in [-0.2, 0) is 9.36 Å². The van der Waals surface area contributed by atoms with Gasteiger partial charge in [-0.05, 0) is 0 Å². The van der Waals surface area contributed by atoms with Crippen molar-refractivity contribution in [3.05, 3.63) is 0 Å². The second-order valence-electron chi connectivity index (χ2n) is 1.42. The molecule has 3 N–H and O–H groups in total. The Labute approximate surface area is 61.5 Å². The number of hydrogen-bond acceptors (Lipinski definition) is 2. The van der Waals surface area contributed by atoms with Crippen molar-refractivity contribution in [2.75, 3.05) is 0 Å². The molecule has 7 heteroatoms. The molecular formula is C2H6LiO5P. The molecule has 0 heterocycles. The molecule has 0 aromatic rings. The van der Waals surface area contributed by atoms with Crippen molar-refractivity contribution in [3.63, 3.8) is 0 Å². The summed E-state index contributed by atoms with van der Waals surface area (Å²) >= 11 is 1.53. The van der Waals surface area contributed by atoms with Gasteiger partial charge in [-0.3, -0.25) is 0 Å². The summed E-state index contributed by atoms with van der Waals surface area (Å²) in [4.78, 5) is 31.0. The monoisotopic (exact) mass is 148 g/mol. The summed E-state index contributed by atoms with van der Waals surface area (Å²) in [6.07, 6.45) is 0. The van der Waals surface area contributed by atoms with Crippen LogP contribution in [0, 0.1) is 0 Å². The maximum absolute atomic E-state index is 9.44. The van der Waals surface area contributed by atoms with Gasteiger partial charge in [-0.15, -0.1) is 0 Å². The molecule has 0 aromatic carbocycles. The average molecular weight is 148 g/mol. The van der Waals surface area contributed by atoms with Crippen LogP contribution in [0.2, 0.25) is 0 Å². The summed E-state index contributed by atoms with van der Waals surface area (Å²) < 4.78 is 9.05. The van der Waals surface area contributed by atoms with E-state index >= 15 is 0 Å². The van der Waals surface area contributed by atoms with E-state index in [1.807, 2.05) is 0 Å². The zero-order chi connectivity index (χ0) is 8.08. The summed E-state index contributed by atoms with van der Waals surface area (Å²) in [6.45, 7) is 1.53. The van der Waals surface area contributed by atoms with E-state index in [1.54, 1.807) is 0 Å². The van der Waals surface area contributed by atoms with Crippen LogP contribution in [0.4, 0.5) is 0 Å².